The van der Waals surface area contributed by atoms with Crippen molar-refractivity contribution in [1.82, 2.24) is 0 Å². The summed E-state index contributed by atoms with van der Waals surface area (Å²) in [6, 6.07) is 0. The van der Waals surface area contributed by atoms with Crippen molar-refractivity contribution in [1.29, 1.82) is 0 Å². The minimum Gasteiger partial charge on any atom is -0.429 e. The smallest absolute Gasteiger partial charge is 0.429 e. The summed E-state index contributed by atoms with van der Waals surface area (Å²) in [4.78, 5) is 10.3. The number of hydrogen-bond acceptors (Lipinski definition) is 2. The van der Waals surface area contributed by atoms with Crippen molar-refractivity contribution in [2.24, 2.45) is 0 Å². The molecule has 0 saturated heterocycles. The summed E-state index contributed by atoms with van der Waals surface area (Å²) in [6.07, 6.45) is -7.72. The summed E-state index contributed by atoms with van der Waals surface area (Å²) in [5.74, 6) is -52.8. The molecular formula is C9H2F16O2. The van der Waals surface area contributed by atoms with E-state index in [2.05, 4.69) is 4.74 Å². The van der Waals surface area contributed by atoms with Gasteiger partial charge in [-0.3, -0.25) is 0 Å². The molecule has 0 aromatic carbocycles. The standard InChI is InChI=1S/C9H2F16O2/c10-1-27-2(26)3(11,12)4(13,14)5(15,16)6(17,18)7(19,20)8(21,22)9(23,24)25/h1H2. The maximum absolute atomic E-state index is 13.0. The van der Waals surface area contributed by atoms with Gasteiger partial charge in [0.2, 0.25) is 6.86 Å². The average Bonchev–Trinajstić information content (AvgIpc) is 2.45. The normalized spacial score (nSPS) is 15.7. The van der Waals surface area contributed by atoms with Gasteiger partial charge in [-0.25, -0.2) is 9.18 Å². The molecule has 27 heavy (non-hydrogen) atoms. The highest BCUT2D eigenvalue weighted by molar-refractivity contribution is 5.79. The Hall–Kier alpha value is -1.65. The molecule has 0 heterocycles. The Morgan fingerprint density at radius 3 is 1.15 bits per heavy atom. The van der Waals surface area contributed by atoms with E-state index >= 15 is 0 Å². The summed E-state index contributed by atoms with van der Waals surface area (Å²) < 4.78 is 203. The van der Waals surface area contributed by atoms with Crippen LogP contribution in [0.25, 0.3) is 0 Å². The summed E-state index contributed by atoms with van der Waals surface area (Å²) in [6.45, 7) is -2.74. The number of hydrogen-bond donors (Lipinski definition) is 0. The Labute approximate surface area is 136 Å². The van der Waals surface area contributed by atoms with Gasteiger partial charge < -0.3 is 4.74 Å². The Kier molecular flexibility index (Phi) is 6.06. The lowest BCUT2D eigenvalue weighted by molar-refractivity contribution is -0.450. The maximum Gasteiger partial charge on any atom is 0.460 e. The zero-order valence-electron chi connectivity index (χ0n) is 11.6. The van der Waals surface area contributed by atoms with Crippen LogP contribution in [-0.2, 0) is 9.53 Å². The van der Waals surface area contributed by atoms with Gasteiger partial charge in [0.15, 0.2) is 0 Å². The van der Waals surface area contributed by atoms with Gasteiger partial charge in [-0.2, -0.15) is 65.9 Å². The van der Waals surface area contributed by atoms with Crippen LogP contribution in [0.1, 0.15) is 0 Å². The Bertz CT molecular complexity index is 561. The van der Waals surface area contributed by atoms with E-state index in [4.69, 9.17) is 0 Å². The van der Waals surface area contributed by atoms with Crippen LogP contribution in [0.2, 0.25) is 0 Å². The van der Waals surface area contributed by atoms with Crippen molar-refractivity contribution in [3.05, 3.63) is 0 Å². The van der Waals surface area contributed by atoms with Gasteiger partial charge in [0.05, 0.1) is 0 Å². The molecule has 0 N–H and O–H groups in total. The lowest BCUT2D eigenvalue weighted by atomic mass is 9.91. The van der Waals surface area contributed by atoms with E-state index in [0.29, 0.717) is 0 Å². The predicted molar refractivity (Wildman–Crippen MR) is 47.8 cm³/mol. The Balaban J connectivity index is 6.51. The van der Waals surface area contributed by atoms with Crippen LogP contribution in [0.4, 0.5) is 70.2 Å². The third kappa shape index (κ3) is 3.23. The highest BCUT2D eigenvalue weighted by Gasteiger charge is 2.94. The van der Waals surface area contributed by atoms with Crippen molar-refractivity contribution in [3.8, 4) is 0 Å². The third-order valence-electron chi connectivity index (χ3n) is 2.77. The van der Waals surface area contributed by atoms with E-state index in [1.165, 1.54) is 0 Å². The van der Waals surface area contributed by atoms with E-state index in [0.717, 1.165) is 0 Å². The molecule has 0 unspecified atom stereocenters. The molecule has 0 spiro atoms. The highest BCUT2D eigenvalue weighted by atomic mass is 19.4. The van der Waals surface area contributed by atoms with Gasteiger partial charge in [-0.15, -0.1) is 0 Å². The first kappa shape index (κ1) is 25.3. The molecule has 2 nitrogen and oxygen atoms in total. The fourth-order valence-electron chi connectivity index (χ4n) is 1.24. The van der Waals surface area contributed by atoms with Crippen LogP contribution in [0, 0.1) is 0 Å². The molecule has 0 aromatic rings. The second-order valence-corrected chi connectivity index (χ2v) is 4.49. The van der Waals surface area contributed by atoms with Gasteiger partial charge in [0, 0.05) is 0 Å². The zero-order valence-corrected chi connectivity index (χ0v) is 11.6. The molecule has 0 aromatic heterocycles. The van der Waals surface area contributed by atoms with Crippen LogP contribution >= 0.6 is 0 Å². The van der Waals surface area contributed by atoms with E-state index in [1.54, 1.807) is 0 Å². The van der Waals surface area contributed by atoms with Crippen LogP contribution in [0.5, 0.6) is 0 Å². The van der Waals surface area contributed by atoms with E-state index in [9.17, 15) is 75.0 Å². The number of carbonyl (C=O) groups excluding carboxylic acids is 1. The predicted octanol–water partition coefficient (Wildman–Crippen LogP) is 4.83. The second-order valence-electron chi connectivity index (χ2n) is 4.49. The average molecular weight is 446 g/mol. The zero-order chi connectivity index (χ0) is 22.5. The number of ether oxygens (including phenoxy) is 1. The van der Waals surface area contributed by atoms with Gasteiger partial charge >= 0.3 is 47.7 Å². The fraction of sp³-hybridized carbons (Fsp3) is 0.889. The van der Waals surface area contributed by atoms with Crippen molar-refractivity contribution in [2.45, 2.75) is 41.7 Å². The van der Waals surface area contributed by atoms with Crippen LogP contribution in [0.3, 0.4) is 0 Å². The first-order valence-corrected chi connectivity index (χ1v) is 5.55. The minimum absolute atomic E-state index is 2.48. The van der Waals surface area contributed by atoms with Gasteiger partial charge in [0.25, 0.3) is 0 Å². The number of esters is 1. The molecule has 0 bridgehead atoms. The summed E-state index contributed by atoms with van der Waals surface area (Å²) in [5, 5.41) is 0. The fourth-order valence-corrected chi connectivity index (χ4v) is 1.24. The maximum atomic E-state index is 13.0. The molecule has 0 saturated carbocycles. The molecule has 0 atom stereocenters. The molecule has 18 heteroatoms. The lowest BCUT2D eigenvalue weighted by Gasteiger charge is -2.40. The monoisotopic (exact) mass is 446 g/mol. The Morgan fingerprint density at radius 1 is 0.556 bits per heavy atom. The Morgan fingerprint density at radius 2 is 0.852 bits per heavy atom. The number of halogens is 16. The molecule has 0 rings (SSSR count). The van der Waals surface area contributed by atoms with Crippen LogP contribution in [0.15, 0.2) is 0 Å². The molecule has 162 valence electrons. The van der Waals surface area contributed by atoms with Crippen LogP contribution in [-0.4, -0.2) is 54.5 Å². The number of carbonyl (C=O) groups is 1. The molecule has 0 aliphatic rings. The van der Waals surface area contributed by atoms with Crippen LogP contribution < -0.4 is 0 Å². The number of alkyl halides is 16. The molecule has 0 aliphatic carbocycles. The molecule has 0 fully saturated rings. The van der Waals surface area contributed by atoms with E-state index in [-0.39, 0.29) is 0 Å². The highest BCUT2D eigenvalue weighted by Crippen LogP contribution is 2.62. The first-order valence-electron chi connectivity index (χ1n) is 5.55. The van der Waals surface area contributed by atoms with Gasteiger partial charge in [-0.1, -0.05) is 0 Å². The van der Waals surface area contributed by atoms with Crippen molar-refractivity contribution in [3.63, 3.8) is 0 Å². The minimum atomic E-state index is -8.51. The summed E-state index contributed by atoms with van der Waals surface area (Å²) >= 11 is 0. The van der Waals surface area contributed by atoms with E-state index < -0.39 is 54.5 Å². The molecule has 0 amide bonds. The van der Waals surface area contributed by atoms with E-state index in [1.807, 2.05) is 0 Å². The van der Waals surface area contributed by atoms with Gasteiger partial charge in [-0.05, 0) is 0 Å². The molecular weight excluding hydrogens is 444 g/mol. The lowest BCUT2D eigenvalue weighted by Crippen LogP contribution is -2.73. The largest absolute Gasteiger partial charge is 0.460 e. The SMILES string of the molecule is O=C(OCF)C(F)(F)C(F)(F)C(F)(F)C(F)(F)C(F)(F)C(F)(F)C(F)(F)F. The molecule has 0 aliphatic heterocycles. The third-order valence-corrected chi connectivity index (χ3v) is 2.77. The second kappa shape index (κ2) is 6.46. The quantitative estimate of drug-likeness (QED) is 0.414. The number of rotatable bonds is 7. The topological polar surface area (TPSA) is 26.3 Å². The van der Waals surface area contributed by atoms with Crippen molar-refractivity contribution < 1.29 is 79.8 Å². The summed E-state index contributed by atoms with van der Waals surface area (Å²) in [7, 11) is 0. The summed E-state index contributed by atoms with van der Waals surface area (Å²) in [5.41, 5.74) is 0. The first-order chi connectivity index (χ1) is 11.5. The van der Waals surface area contributed by atoms with Gasteiger partial charge in [0.1, 0.15) is 0 Å². The van der Waals surface area contributed by atoms with Crippen molar-refractivity contribution >= 4 is 5.97 Å². The molecule has 0 radical (unpaired) electrons. The van der Waals surface area contributed by atoms with Crippen molar-refractivity contribution in [2.75, 3.05) is 6.86 Å².